The first kappa shape index (κ1) is 17.5. The Morgan fingerprint density at radius 2 is 1.87 bits per heavy atom. The van der Waals surface area contributed by atoms with Gasteiger partial charge in [0.05, 0.1) is 7.11 Å². The number of benzene rings is 1. The molecule has 1 heterocycles. The molecule has 0 radical (unpaired) electrons. The minimum Gasteiger partial charge on any atom is -0.467 e. The van der Waals surface area contributed by atoms with E-state index in [1.54, 1.807) is 0 Å². The molecule has 1 aliphatic heterocycles. The Labute approximate surface area is 138 Å². The first-order valence-electron chi connectivity index (χ1n) is 8.25. The maximum atomic E-state index is 12.3. The van der Waals surface area contributed by atoms with Crippen molar-refractivity contribution in [1.29, 1.82) is 0 Å². The van der Waals surface area contributed by atoms with E-state index in [-0.39, 0.29) is 11.9 Å². The Morgan fingerprint density at radius 3 is 2.48 bits per heavy atom. The van der Waals surface area contributed by atoms with Gasteiger partial charge in [-0.25, -0.2) is 4.79 Å². The Kier molecular flexibility index (Phi) is 6.59. The average molecular weight is 318 g/mol. The fourth-order valence-electron chi connectivity index (χ4n) is 3.02. The van der Waals surface area contributed by atoms with E-state index in [0.717, 1.165) is 18.7 Å². The lowest BCUT2D eigenvalue weighted by atomic mass is 10.1. The zero-order valence-electron chi connectivity index (χ0n) is 14.0. The normalized spacial score (nSPS) is 17.5. The van der Waals surface area contributed by atoms with Crippen LogP contribution in [-0.2, 0) is 20.7 Å². The van der Waals surface area contributed by atoms with E-state index in [4.69, 9.17) is 4.74 Å². The Hall–Kier alpha value is -1.88. The second kappa shape index (κ2) is 8.67. The van der Waals surface area contributed by atoms with E-state index in [9.17, 15) is 9.59 Å². The predicted octanol–water partition coefficient (Wildman–Crippen LogP) is 1.76. The number of hydrogen-bond donors (Lipinski definition) is 1. The van der Waals surface area contributed by atoms with Gasteiger partial charge in [0.25, 0.3) is 0 Å². The van der Waals surface area contributed by atoms with Gasteiger partial charge in [-0.3, -0.25) is 4.79 Å². The van der Waals surface area contributed by atoms with Crippen LogP contribution in [0.2, 0.25) is 0 Å². The second-order valence-corrected chi connectivity index (χ2v) is 6.13. The van der Waals surface area contributed by atoms with Gasteiger partial charge >= 0.3 is 5.97 Å². The second-order valence-electron chi connectivity index (χ2n) is 6.13. The fourth-order valence-corrected chi connectivity index (χ4v) is 3.02. The molecule has 0 aromatic heterocycles. The van der Waals surface area contributed by atoms with Gasteiger partial charge in [-0.05, 0) is 38.4 Å². The quantitative estimate of drug-likeness (QED) is 0.778. The van der Waals surface area contributed by atoms with Gasteiger partial charge in [0.15, 0.2) is 0 Å². The van der Waals surface area contributed by atoms with E-state index in [1.165, 1.54) is 20.0 Å². The Morgan fingerprint density at radius 1 is 1.22 bits per heavy atom. The van der Waals surface area contributed by atoms with Crippen molar-refractivity contribution in [2.45, 2.75) is 44.7 Å². The number of nitrogens with one attached hydrogen (secondary N) is 1. The monoisotopic (exact) mass is 318 g/mol. The van der Waals surface area contributed by atoms with Crippen molar-refractivity contribution >= 4 is 11.9 Å². The van der Waals surface area contributed by atoms with Crippen molar-refractivity contribution in [2.75, 3.05) is 20.2 Å². The van der Waals surface area contributed by atoms with Crippen molar-refractivity contribution in [3.8, 4) is 0 Å². The standard InChI is InChI=1S/C18H26N2O3/c1-14(20-10-6-7-11-20)12-17(21)19-16(18(22)23-2)13-15-8-4-3-5-9-15/h3-5,8-9,14,16H,6-7,10-13H2,1-2H3,(H,19,21)/t14?,16-/m0/s1. The third kappa shape index (κ3) is 5.36. The molecule has 5 nitrogen and oxygen atoms in total. The van der Waals surface area contributed by atoms with Crippen molar-refractivity contribution < 1.29 is 14.3 Å². The molecular formula is C18H26N2O3. The number of ether oxygens (including phenoxy) is 1. The number of carbonyl (C=O) groups excluding carboxylic acids is 2. The molecule has 1 fully saturated rings. The van der Waals surface area contributed by atoms with Crippen LogP contribution in [0, 0.1) is 0 Å². The molecule has 126 valence electrons. The van der Waals surface area contributed by atoms with Gasteiger partial charge in [0, 0.05) is 18.9 Å². The SMILES string of the molecule is COC(=O)[C@H](Cc1ccccc1)NC(=O)CC(C)N1CCCC1. The molecule has 0 saturated carbocycles. The number of carbonyl (C=O) groups is 2. The van der Waals surface area contributed by atoms with Crippen molar-refractivity contribution in [1.82, 2.24) is 10.2 Å². The van der Waals surface area contributed by atoms with Crippen LogP contribution in [0.5, 0.6) is 0 Å². The molecule has 5 heteroatoms. The lowest BCUT2D eigenvalue weighted by molar-refractivity contribution is -0.145. The highest BCUT2D eigenvalue weighted by molar-refractivity contribution is 5.84. The van der Waals surface area contributed by atoms with Crippen LogP contribution < -0.4 is 5.32 Å². The van der Waals surface area contributed by atoms with Crippen LogP contribution in [0.25, 0.3) is 0 Å². The number of hydrogen-bond acceptors (Lipinski definition) is 4. The Bertz CT molecular complexity index is 512. The molecular weight excluding hydrogens is 292 g/mol. The van der Waals surface area contributed by atoms with Gasteiger partial charge < -0.3 is 15.0 Å². The number of methoxy groups -OCH3 is 1. The maximum Gasteiger partial charge on any atom is 0.328 e. The topological polar surface area (TPSA) is 58.6 Å². The van der Waals surface area contributed by atoms with Gasteiger partial charge in [-0.2, -0.15) is 0 Å². The van der Waals surface area contributed by atoms with Crippen molar-refractivity contribution in [3.63, 3.8) is 0 Å². The molecule has 0 bridgehead atoms. The molecule has 1 aromatic carbocycles. The highest BCUT2D eigenvalue weighted by Crippen LogP contribution is 2.14. The van der Waals surface area contributed by atoms with Gasteiger partial charge in [0.2, 0.25) is 5.91 Å². The average Bonchev–Trinajstić information content (AvgIpc) is 3.09. The summed E-state index contributed by atoms with van der Waals surface area (Å²) < 4.78 is 4.83. The Balaban J connectivity index is 1.91. The fraction of sp³-hybridized carbons (Fsp3) is 0.556. The number of amides is 1. The summed E-state index contributed by atoms with van der Waals surface area (Å²) in [6.45, 7) is 4.17. The van der Waals surface area contributed by atoms with Crippen LogP contribution in [0.4, 0.5) is 0 Å². The van der Waals surface area contributed by atoms with E-state index >= 15 is 0 Å². The summed E-state index contributed by atoms with van der Waals surface area (Å²) in [6, 6.07) is 9.20. The molecule has 0 aliphatic carbocycles. The predicted molar refractivity (Wildman–Crippen MR) is 89.0 cm³/mol. The van der Waals surface area contributed by atoms with E-state index < -0.39 is 12.0 Å². The van der Waals surface area contributed by atoms with Crippen molar-refractivity contribution in [3.05, 3.63) is 35.9 Å². The minimum atomic E-state index is -0.638. The van der Waals surface area contributed by atoms with E-state index in [0.29, 0.717) is 12.8 Å². The van der Waals surface area contributed by atoms with Crippen LogP contribution in [-0.4, -0.2) is 49.1 Å². The zero-order chi connectivity index (χ0) is 16.7. The molecule has 1 N–H and O–H groups in total. The number of esters is 1. The van der Waals surface area contributed by atoms with E-state index in [1.807, 2.05) is 30.3 Å². The molecule has 23 heavy (non-hydrogen) atoms. The van der Waals surface area contributed by atoms with Gasteiger partial charge in [0.1, 0.15) is 6.04 Å². The molecule has 1 saturated heterocycles. The highest BCUT2D eigenvalue weighted by Gasteiger charge is 2.25. The smallest absolute Gasteiger partial charge is 0.328 e. The van der Waals surface area contributed by atoms with Crippen LogP contribution in [0.1, 0.15) is 31.7 Å². The third-order valence-electron chi connectivity index (χ3n) is 4.35. The lowest BCUT2D eigenvalue weighted by Gasteiger charge is -2.24. The summed E-state index contributed by atoms with van der Waals surface area (Å²) in [7, 11) is 1.35. The summed E-state index contributed by atoms with van der Waals surface area (Å²) >= 11 is 0. The molecule has 1 aliphatic rings. The highest BCUT2D eigenvalue weighted by atomic mass is 16.5. The lowest BCUT2D eigenvalue weighted by Crippen LogP contribution is -2.45. The number of rotatable bonds is 7. The van der Waals surface area contributed by atoms with Crippen molar-refractivity contribution in [2.24, 2.45) is 0 Å². The van der Waals surface area contributed by atoms with E-state index in [2.05, 4.69) is 17.1 Å². The molecule has 1 aromatic rings. The van der Waals surface area contributed by atoms with Gasteiger partial charge in [-0.1, -0.05) is 30.3 Å². The van der Waals surface area contributed by atoms with Crippen LogP contribution in [0.15, 0.2) is 30.3 Å². The number of nitrogens with zero attached hydrogens (tertiary/aromatic N) is 1. The van der Waals surface area contributed by atoms with Crippen LogP contribution in [0.3, 0.4) is 0 Å². The molecule has 1 unspecified atom stereocenters. The zero-order valence-corrected chi connectivity index (χ0v) is 14.0. The first-order valence-corrected chi connectivity index (χ1v) is 8.25. The molecule has 2 atom stereocenters. The summed E-state index contributed by atoms with van der Waals surface area (Å²) in [5.41, 5.74) is 0.996. The van der Waals surface area contributed by atoms with Gasteiger partial charge in [-0.15, -0.1) is 0 Å². The molecule has 1 amide bonds. The summed E-state index contributed by atoms with van der Waals surface area (Å²) in [4.78, 5) is 26.6. The summed E-state index contributed by atoms with van der Waals surface area (Å²) in [6.07, 6.45) is 3.25. The third-order valence-corrected chi connectivity index (χ3v) is 4.35. The summed E-state index contributed by atoms with van der Waals surface area (Å²) in [5.74, 6) is -0.508. The molecule has 2 rings (SSSR count). The minimum absolute atomic E-state index is 0.101. The first-order chi connectivity index (χ1) is 11.1. The van der Waals surface area contributed by atoms with Crippen LogP contribution >= 0.6 is 0 Å². The number of likely N-dealkylation sites (tertiary alicyclic amines) is 1. The maximum absolute atomic E-state index is 12.3. The summed E-state index contributed by atoms with van der Waals surface area (Å²) in [5, 5.41) is 2.83. The largest absolute Gasteiger partial charge is 0.467 e. The molecule has 0 spiro atoms.